The predicted molar refractivity (Wildman–Crippen MR) is 33.8 cm³/mol. The molecule has 0 aliphatic heterocycles. The Morgan fingerprint density at radius 3 is 2.42 bits per heavy atom. The Morgan fingerprint density at radius 1 is 1.58 bits per heavy atom. The van der Waals surface area contributed by atoms with E-state index in [9.17, 15) is 18.0 Å². The van der Waals surface area contributed by atoms with Crippen LogP contribution in [-0.4, -0.2) is 24.0 Å². The first-order valence-electron chi connectivity index (χ1n) is 3.23. The molecule has 0 heterocycles. The minimum Gasteiger partial charge on any atom is -0.450 e. The molecule has 0 fully saturated rings. The summed E-state index contributed by atoms with van der Waals surface area (Å²) in [6.45, 7) is 0.852. The topological polar surface area (TPSA) is 46.5 Å². The van der Waals surface area contributed by atoms with Crippen molar-refractivity contribution in [3.05, 3.63) is 0 Å². The number of hydrogen-bond donors (Lipinski definition) is 1. The Bertz CT molecular complexity index is 155. The van der Waals surface area contributed by atoms with Gasteiger partial charge < -0.3 is 9.84 Å². The average Bonchev–Trinajstić information content (AvgIpc) is 1.79. The van der Waals surface area contributed by atoms with Gasteiger partial charge in [0.25, 0.3) is 0 Å². The summed E-state index contributed by atoms with van der Waals surface area (Å²) in [4.78, 5) is 9.77. The maximum Gasteiger partial charge on any atom is 0.505 e. The van der Waals surface area contributed by atoms with E-state index in [0.717, 1.165) is 0 Å². The standard InChI is InChI=1S/C6H9F3O3/c1-4(2-6(7,8)9)3-12-5(10)11/h4H,2-3H2,1H3,(H,10,11). The lowest BCUT2D eigenvalue weighted by atomic mass is 10.1. The molecule has 72 valence electrons. The second-order valence-electron chi connectivity index (χ2n) is 2.50. The van der Waals surface area contributed by atoms with Gasteiger partial charge in [0.1, 0.15) is 0 Å². The highest BCUT2D eigenvalue weighted by atomic mass is 19.4. The first kappa shape index (κ1) is 11.1. The Labute approximate surface area is 67.1 Å². The SMILES string of the molecule is CC(COC(=O)O)CC(F)(F)F. The van der Waals surface area contributed by atoms with Gasteiger partial charge in [0, 0.05) is 6.42 Å². The summed E-state index contributed by atoms with van der Waals surface area (Å²) in [5.74, 6) is -0.832. The normalized spacial score (nSPS) is 14.0. The van der Waals surface area contributed by atoms with Crippen molar-refractivity contribution in [2.75, 3.05) is 6.61 Å². The number of halogens is 3. The molecule has 1 unspecified atom stereocenters. The molecule has 0 spiro atoms. The van der Waals surface area contributed by atoms with Crippen LogP contribution in [0.4, 0.5) is 18.0 Å². The molecule has 12 heavy (non-hydrogen) atoms. The van der Waals surface area contributed by atoms with Gasteiger partial charge >= 0.3 is 12.3 Å². The fourth-order valence-electron chi connectivity index (χ4n) is 0.668. The maximum absolute atomic E-state index is 11.6. The minimum absolute atomic E-state index is 0.422. The van der Waals surface area contributed by atoms with E-state index in [-0.39, 0.29) is 0 Å². The van der Waals surface area contributed by atoms with E-state index in [1.165, 1.54) is 6.92 Å². The van der Waals surface area contributed by atoms with Crippen LogP contribution >= 0.6 is 0 Å². The largest absolute Gasteiger partial charge is 0.505 e. The van der Waals surface area contributed by atoms with E-state index in [4.69, 9.17) is 5.11 Å². The number of hydrogen-bond acceptors (Lipinski definition) is 2. The van der Waals surface area contributed by atoms with Crippen molar-refractivity contribution in [2.24, 2.45) is 5.92 Å². The Balaban J connectivity index is 3.60. The minimum atomic E-state index is -4.26. The first-order chi connectivity index (χ1) is 5.31. The van der Waals surface area contributed by atoms with E-state index in [2.05, 4.69) is 4.74 Å². The van der Waals surface area contributed by atoms with Gasteiger partial charge in [-0.3, -0.25) is 0 Å². The molecule has 6 heteroatoms. The molecule has 1 atom stereocenters. The van der Waals surface area contributed by atoms with E-state index in [0.29, 0.717) is 0 Å². The van der Waals surface area contributed by atoms with Crippen molar-refractivity contribution >= 4 is 6.16 Å². The van der Waals surface area contributed by atoms with Gasteiger partial charge in [0.05, 0.1) is 6.61 Å². The summed E-state index contributed by atoms with van der Waals surface area (Å²) >= 11 is 0. The fourth-order valence-corrected chi connectivity index (χ4v) is 0.668. The zero-order chi connectivity index (χ0) is 9.78. The quantitative estimate of drug-likeness (QED) is 0.687. The molecule has 0 bridgehead atoms. The van der Waals surface area contributed by atoms with Crippen molar-refractivity contribution in [1.29, 1.82) is 0 Å². The van der Waals surface area contributed by atoms with Crippen LogP contribution in [0.3, 0.4) is 0 Å². The molecule has 0 rings (SSSR count). The van der Waals surface area contributed by atoms with E-state index in [1.807, 2.05) is 0 Å². The molecule has 0 aromatic heterocycles. The van der Waals surface area contributed by atoms with E-state index >= 15 is 0 Å². The predicted octanol–water partition coefficient (Wildman–Crippen LogP) is 2.27. The van der Waals surface area contributed by atoms with Gasteiger partial charge in [0.15, 0.2) is 0 Å². The van der Waals surface area contributed by atoms with Crippen LogP contribution in [0.1, 0.15) is 13.3 Å². The van der Waals surface area contributed by atoms with Gasteiger partial charge in [-0.05, 0) is 5.92 Å². The highest BCUT2D eigenvalue weighted by molar-refractivity contribution is 5.56. The Kier molecular flexibility index (Phi) is 3.85. The third kappa shape index (κ3) is 7.17. The highest BCUT2D eigenvalue weighted by Crippen LogP contribution is 2.24. The average molecular weight is 186 g/mol. The number of ether oxygens (including phenoxy) is 1. The third-order valence-electron chi connectivity index (χ3n) is 1.07. The number of rotatable bonds is 3. The lowest BCUT2D eigenvalue weighted by Crippen LogP contribution is -2.18. The molecular weight excluding hydrogens is 177 g/mol. The third-order valence-corrected chi connectivity index (χ3v) is 1.07. The van der Waals surface area contributed by atoms with Crippen LogP contribution in [0.2, 0.25) is 0 Å². The number of carboxylic acid groups (broad SMARTS) is 1. The molecule has 0 radical (unpaired) electrons. The second kappa shape index (κ2) is 4.18. The van der Waals surface area contributed by atoms with Gasteiger partial charge in [-0.2, -0.15) is 13.2 Å². The molecule has 1 N–H and O–H groups in total. The molecule has 0 aliphatic carbocycles. The smallest absolute Gasteiger partial charge is 0.450 e. The number of carbonyl (C=O) groups is 1. The molecule has 0 aromatic carbocycles. The lowest BCUT2D eigenvalue weighted by molar-refractivity contribution is -0.146. The highest BCUT2D eigenvalue weighted by Gasteiger charge is 2.30. The zero-order valence-corrected chi connectivity index (χ0v) is 6.39. The Hall–Kier alpha value is -0.940. The number of alkyl halides is 3. The molecule has 0 saturated carbocycles. The second-order valence-corrected chi connectivity index (χ2v) is 2.50. The van der Waals surface area contributed by atoms with Crippen LogP contribution in [-0.2, 0) is 4.74 Å². The Morgan fingerprint density at radius 2 is 2.08 bits per heavy atom. The van der Waals surface area contributed by atoms with Crippen LogP contribution in [0.5, 0.6) is 0 Å². The summed E-state index contributed by atoms with van der Waals surface area (Å²) in [6, 6.07) is 0. The maximum atomic E-state index is 11.6. The van der Waals surface area contributed by atoms with Crippen LogP contribution in [0.15, 0.2) is 0 Å². The molecular formula is C6H9F3O3. The first-order valence-corrected chi connectivity index (χ1v) is 3.23. The molecule has 0 amide bonds. The lowest BCUT2D eigenvalue weighted by Gasteiger charge is -2.12. The summed E-state index contributed by atoms with van der Waals surface area (Å²) < 4.78 is 38.8. The van der Waals surface area contributed by atoms with E-state index < -0.39 is 31.3 Å². The van der Waals surface area contributed by atoms with Crippen LogP contribution in [0.25, 0.3) is 0 Å². The van der Waals surface area contributed by atoms with Crippen LogP contribution in [0, 0.1) is 5.92 Å². The molecule has 0 aliphatic rings. The summed E-state index contributed by atoms with van der Waals surface area (Å²) in [5, 5.41) is 7.96. The zero-order valence-electron chi connectivity index (χ0n) is 6.39. The van der Waals surface area contributed by atoms with Crippen molar-refractivity contribution < 1.29 is 27.8 Å². The molecule has 0 saturated heterocycles. The van der Waals surface area contributed by atoms with E-state index in [1.54, 1.807) is 0 Å². The van der Waals surface area contributed by atoms with Gasteiger partial charge in [-0.15, -0.1) is 0 Å². The molecule has 0 aromatic rings. The van der Waals surface area contributed by atoms with Crippen molar-refractivity contribution in [3.63, 3.8) is 0 Å². The molecule has 3 nitrogen and oxygen atoms in total. The fraction of sp³-hybridized carbons (Fsp3) is 0.833. The van der Waals surface area contributed by atoms with Gasteiger partial charge in [0.2, 0.25) is 0 Å². The van der Waals surface area contributed by atoms with Crippen molar-refractivity contribution in [3.8, 4) is 0 Å². The summed E-state index contributed by atoms with van der Waals surface area (Å²) in [6.07, 6.45) is -6.84. The van der Waals surface area contributed by atoms with Crippen LogP contribution < -0.4 is 0 Å². The summed E-state index contributed by atoms with van der Waals surface area (Å²) in [5.41, 5.74) is 0. The van der Waals surface area contributed by atoms with Gasteiger partial charge in [-0.1, -0.05) is 6.92 Å². The monoisotopic (exact) mass is 186 g/mol. The van der Waals surface area contributed by atoms with Crippen molar-refractivity contribution in [2.45, 2.75) is 19.5 Å². The summed E-state index contributed by atoms with van der Waals surface area (Å²) in [7, 11) is 0. The van der Waals surface area contributed by atoms with Crippen molar-refractivity contribution in [1.82, 2.24) is 0 Å². The van der Waals surface area contributed by atoms with Gasteiger partial charge in [-0.25, -0.2) is 4.79 Å².